The van der Waals surface area contributed by atoms with E-state index in [1.807, 2.05) is 6.92 Å². The summed E-state index contributed by atoms with van der Waals surface area (Å²) in [5, 5.41) is 11.5. The molecule has 4 aliphatic rings. The van der Waals surface area contributed by atoms with Gasteiger partial charge in [0.1, 0.15) is 11.4 Å². The topological polar surface area (TPSA) is 37.3 Å². The van der Waals surface area contributed by atoms with E-state index < -0.39 is 5.60 Å². The second-order valence-corrected chi connectivity index (χ2v) is 9.55. The summed E-state index contributed by atoms with van der Waals surface area (Å²) in [6.07, 6.45) is 6.88. The lowest BCUT2D eigenvalue weighted by atomic mass is 9.50. The molecule has 0 saturated heterocycles. The van der Waals surface area contributed by atoms with Gasteiger partial charge in [-0.2, -0.15) is 0 Å². The van der Waals surface area contributed by atoms with Crippen molar-refractivity contribution in [2.45, 2.75) is 78.2 Å². The Morgan fingerprint density at radius 1 is 1.24 bits per heavy atom. The third kappa shape index (κ3) is 2.24. The third-order valence-electron chi connectivity index (χ3n) is 8.44. The summed E-state index contributed by atoms with van der Waals surface area (Å²) in [6.45, 7) is 8.75. The van der Waals surface area contributed by atoms with E-state index in [0.717, 1.165) is 38.5 Å². The average Bonchev–Trinajstić information content (AvgIpc) is 2.75. The molecule has 0 amide bonds. The van der Waals surface area contributed by atoms with Gasteiger partial charge in [-0.1, -0.05) is 37.8 Å². The van der Waals surface area contributed by atoms with Gasteiger partial charge in [0.15, 0.2) is 0 Å². The molecule has 0 aliphatic heterocycles. The fraction of sp³-hybridized carbons (Fsp3) is 0.783. The van der Waals surface area contributed by atoms with Crippen LogP contribution in [0.2, 0.25) is 0 Å². The first kappa shape index (κ1) is 17.3. The largest absolute Gasteiger partial charge is 0.377 e. The molecule has 136 valence electrons. The Kier molecular flexibility index (Phi) is 3.97. The zero-order valence-corrected chi connectivity index (χ0v) is 16.2. The number of allylic oxidation sites excluding steroid dienone is 2. The first-order valence-corrected chi connectivity index (χ1v) is 10.2. The Bertz CT molecular complexity index is 693. The van der Waals surface area contributed by atoms with Gasteiger partial charge in [0, 0.05) is 18.3 Å². The Morgan fingerprint density at radius 3 is 2.72 bits per heavy atom. The molecular formula is C23H32O2. The molecule has 4 rings (SSSR count). The molecular weight excluding hydrogens is 308 g/mol. The number of carbonyl (C=O) groups is 1. The Labute approximate surface area is 152 Å². The number of Topliss-reactive ketones (excluding diaryl/α,β-unsaturated/α-hetero) is 1. The molecule has 1 N–H and O–H groups in total. The highest BCUT2D eigenvalue weighted by Crippen LogP contribution is 2.66. The SMILES string of the molecule is CC#CC1(O)C(C)C[C@H]2[C@@H]3C(C)CC4=C(CCC(=O)C4)[C@H]3CC[C@@]21C. The van der Waals surface area contributed by atoms with E-state index in [1.165, 1.54) is 5.57 Å². The summed E-state index contributed by atoms with van der Waals surface area (Å²) in [6, 6.07) is 0. The van der Waals surface area contributed by atoms with Crippen molar-refractivity contribution < 1.29 is 9.90 Å². The van der Waals surface area contributed by atoms with Gasteiger partial charge in [0.25, 0.3) is 0 Å². The lowest BCUT2D eigenvalue weighted by molar-refractivity contribution is -0.119. The van der Waals surface area contributed by atoms with Crippen molar-refractivity contribution in [2.75, 3.05) is 0 Å². The van der Waals surface area contributed by atoms with Gasteiger partial charge in [0.2, 0.25) is 0 Å². The van der Waals surface area contributed by atoms with Crippen LogP contribution >= 0.6 is 0 Å². The van der Waals surface area contributed by atoms with Gasteiger partial charge >= 0.3 is 0 Å². The van der Waals surface area contributed by atoms with Crippen molar-refractivity contribution >= 4 is 5.78 Å². The van der Waals surface area contributed by atoms with Crippen LogP contribution in [-0.4, -0.2) is 16.5 Å². The molecule has 2 fully saturated rings. The Morgan fingerprint density at radius 2 is 2.00 bits per heavy atom. The molecule has 2 saturated carbocycles. The van der Waals surface area contributed by atoms with E-state index >= 15 is 0 Å². The average molecular weight is 341 g/mol. The van der Waals surface area contributed by atoms with Gasteiger partial charge in [-0.05, 0) is 68.6 Å². The lowest BCUT2D eigenvalue weighted by Gasteiger charge is -2.55. The van der Waals surface area contributed by atoms with Crippen LogP contribution < -0.4 is 0 Å². The van der Waals surface area contributed by atoms with Gasteiger partial charge < -0.3 is 5.11 Å². The molecule has 2 heteroatoms. The smallest absolute Gasteiger partial charge is 0.137 e. The summed E-state index contributed by atoms with van der Waals surface area (Å²) in [5.41, 5.74) is 2.18. The molecule has 25 heavy (non-hydrogen) atoms. The molecule has 3 unspecified atom stereocenters. The molecule has 0 spiro atoms. The standard InChI is InChI=1S/C23H32O2/c1-5-9-23(25)15(3)12-20-21-14(2)11-16-13-17(24)6-7-18(16)19(21)8-10-22(20,23)4/h14-15,19-21,25H,6-8,10-13H2,1-4H3/t14?,15?,19-,20+,21-,22+,23?/m1/s1. The zero-order valence-electron chi connectivity index (χ0n) is 16.2. The van der Waals surface area contributed by atoms with Crippen LogP contribution in [-0.2, 0) is 4.79 Å². The maximum atomic E-state index is 11.9. The molecule has 0 heterocycles. The van der Waals surface area contributed by atoms with Gasteiger partial charge in [0.05, 0.1) is 0 Å². The molecule has 0 radical (unpaired) electrons. The zero-order chi connectivity index (χ0) is 18.0. The van der Waals surface area contributed by atoms with Gasteiger partial charge in [-0.15, -0.1) is 5.92 Å². The van der Waals surface area contributed by atoms with Gasteiger partial charge in [-0.3, -0.25) is 4.79 Å². The van der Waals surface area contributed by atoms with Crippen molar-refractivity contribution in [3.8, 4) is 11.8 Å². The fourth-order valence-corrected chi connectivity index (χ4v) is 7.27. The van der Waals surface area contributed by atoms with E-state index in [4.69, 9.17) is 0 Å². The minimum absolute atomic E-state index is 0.0899. The van der Waals surface area contributed by atoms with E-state index in [0.29, 0.717) is 35.9 Å². The van der Waals surface area contributed by atoms with Crippen LogP contribution in [0.3, 0.4) is 0 Å². The monoisotopic (exact) mass is 340 g/mol. The predicted molar refractivity (Wildman–Crippen MR) is 99.7 cm³/mol. The van der Waals surface area contributed by atoms with Crippen molar-refractivity contribution in [3.63, 3.8) is 0 Å². The van der Waals surface area contributed by atoms with E-state index in [-0.39, 0.29) is 11.3 Å². The Balaban J connectivity index is 1.74. The highest BCUT2D eigenvalue weighted by atomic mass is 16.3. The molecule has 0 aromatic rings. The number of carbonyl (C=O) groups excluding carboxylic acids is 1. The predicted octanol–water partition coefficient (Wildman–Crippen LogP) is 4.52. The van der Waals surface area contributed by atoms with Crippen molar-refractivity contribution in [2.24, 2.45) is 35.0 Å². The summed E-state index contributed by atoms with van der Waals surface area (Å²) in [5.74, 6) is 9.40. The van der Waals surface area contributed by atoms with Crippen molar-refractivity contribution in [1.29, 1.82) is 0 Å². The number of fused-ring (bicyclic) bond motifs is 4. The molecule has 7 atom stereocenters. The Hall–Kier alpha value is -1.07. The lowest BCUT2D eigenvalue weighted by Crippen LogP contribution is -2.53. The molecule has 0 aromatic heterocycles. The second-order valence-electron chi connectivity index (χ2n) is 9.55. The highest BCUT2D eigenvalue weighted by Gasteiger charge is 2.65. The second kappa shape index (κ2) is 5.71. The minimum atomic E-state index is -0.839. The quantitative estimate of drug-likeness (QED) is 0.520. The third-order valence-corrected chi connectivity index (χ3v) is 8.44. The fourth-order valence-electron chi connectivity index (χ4n) is 7.27. The van der Waals surface area contributed by atoms with Crippen LogP contribution in [0.5, 0.6) is 0 Å². The molecule has 0 bridgehead atoms. The summed E-state index contributed by atoms with van der Waals surface area (Å²) >= 11 is 0. The van der Waals surface area contributed by atoms with Crippen LogP contribution in [0.15, 0.2) is 11.1 Å². The van der Waals surface area contributed by atoms with E-state index in [2.05, 4.69) is 32.6 Å². The molecule has 2 nitrogen and oxygen atoms in total. The number of hydrogen-bond acceptors (Lipinski definition) is 2. The summed E-state index contributed by atoms with van der Waals surface area (Å²) in [7, 11) is 0. The van der Waals surface area contributed by atoms with Crippen LogP contribution in [0.25, 0.3) is 0 Å². The minimum Gasteiger partial charge on any atom is -0.377 e. The normalized spacial score (nSPS) is 49.0. The first-order valence-electron chi connectivity index (χ1n) is 10.2. The highest BCUT2D eigenvalue weighted by molar-refractivity contribution is 5.82. The summed E-state index contributed by atoms with van der Waals surface area (Å²) in [4.78, 5) is 11.9. The molecule has 4 aliphatic carbocycles. The number of aliphatic hydroxyl groups is 1. The number of rotatable bonds is 0. The number of ketones is 1. The maximum Gasteiger partial charge on any atom is 0.137 e. The van der Waals surface area contributed by atoms with Crippen LogP contribution in [0.1, 0.15) is 72.6 Å². The number of hydrogen-bond donors (Lipinski definition) is 1. The van der Waals surface area contributed by atoms with E-state index in [9.17, 15) is 9.90 Å². The van der Waals surface area contributed by atoms with Crippen molar-refractivity contribution in [3.05, 3.63) is 11.1 Å². The summed E-state index contributed by atoms with van der Waals surface area (Å²) < 4.78 is 0. The van der Waals surface area contributed by atoms with E-state index in [1.54, 1.807) is 5.57 Å². The van der Waals surface area contributed by atoms with Gasteiger partial charge in [-0.25, -0.2) is 0 Å². The molecule has 0 aromatic carbocycles. The van der Waals surface area contributed by atoms with Crippen LogP contribution in [0.4, 0.5) is 0 Å². The van der Waals surface area contributed by atoms with Crippen molar-refractivity contribution in [1.82, 2.24) is 0 Å². The first-order chi connectivity index (χ1) is 11.8. The maximum absolute atomic E-state index is 11.9. The van der Waals surface area contributed by atoms with Crippen LogP contribution in [0, 0.1) is 46.8 Å².